The Kier molecular flexibility index (Phi) is 5.70. The molecule has 4 rings (SSSR count). The highest BCUT2D eigenvalue weighted by atomic mass is 79.9. The first-order chi connectivity index (χ1) is 14.6. The van der Waals surface area contributed by atoms with E-state index < -0.39 is 20.0 Å². The van der Waals surface area contributed by atoms with Crippen molar-refractivity contribution in [1.82, 2.24) is 9.97 Å². The number of halogens is 1. The second-order valence-corrected chi connectivity index (χ2v) is 12.2. The van der Waals surface area contributed by atoms with Crippen LogP contribution in [0.25, 0.3) is 11.0 Å². The Morgan fingerprint density at radius 2 is 1.45 bits per heavy atom. The number of thiophene rings is 1. The third kappa shape index (κ3) is 4.85. The van der Waals surface area contributed by atoms with Crippen molar-refractivity contribution in [3.63, 3.8) is 0 Å². The predicted octanol–water partition coefficient (Wildman–Crippen LogP) is 3.65. The predicted molar refractivity (Wildman–Crippen MR) is 123 cm³/mol. The molecule has 0 unspecified atom stereocenters. The average molecular weight is 540 g/mol. The Morgan fingerprint density at radius 3 is 2.00 bits per heavy atom. The molecule has 4 aromatic rings. The fourth-order valence-electron chi connectivity index (χ4n) is 2.64. The van der Waals surface area contributed by atoms with Gasteiger partial charge < -0.3 is 5.32 Å². The maximum Gasteiger partial charge on any atom is 0.272 e. The molecule has 2 aromatic carbocycles. The summed E-state index contributed by atoms with van der Waals surface area (Å²) in [6.45, 7) is 0. The van der Waals surface area contributed by atoms with Gasteiger partial charge in [0.1, 0.15) is 4.21 Å². The molecule has 9 nitrogen and oxygen atoms in total. The van der Waals surface area contributed by atoms with Gasteiger partial charge >= 0.3 is 0 Å². The van der Waals surface area contributed by atoms with Crippen molar-refractivity contribution in [2.75, 3.05) is 10.0 Å². The molecule has 0 saturated carbocycles. The molecule has 0 amide bonds. The highest BCUT2D eigenvalue weighted by Crippen LogP contribution is 2.30. The lowest BCUT2D eigenvalue weighted by molar-refractivity contribution is 0.597. The Hall–Kier alpha value is -2.58. The molecule has 160 valence electrons. The van der Waals surface area contributed by atoms with Crippen LogP contribution in [-0.2, 0) is 20.0 Å². The van der Waals surface area contributed by atoms with E-state index in [4.69, 9.17) is 5.14 Å². The largest absolute Gasteiger partial charge is 0.337 e. The van der Waals surface area contributed by atoms with Crippen LogP contribution < -0.4 is 15.2 Å². The van der Waals surface area contributed by atoms with Crippen LogP contribution in [0.15, 0.2) is 73.6 Å². The summed E-state index contributed by atoms with van der Waals surface area (Å²) in [7, 11) is -7.73. The minimum Gasteiger partial charge on any atom is -0.337 e. The van der Waals surface area contributed by atoms with Crippen LogP contribution in [0, 0.1) is 0 Å². The van der Waals surface area contributed by atoms with Gasteiger partial charge in [0.2, 0.25) is 10.0 Å². The highest BCUT2D eigenvalue weighted by Gasteiger charge is 2.21. The number of primary sulfonamides is 1. The molecular weight excluding hydrogens is 526 g/mol. The first kappa shape index (κ1) is 21.6. The van der Waals surface area contributed by atoms with Gasteiger partial charge in [-0.15, -0.1) is 11.3 Å². The van der Waals surface area contributed by atoms with Crippen LogP contribution in [0.5, 0.6) is 0 Å². The summed E-state index contributed by atoms with van der Waals surface area (Å²) in [6, 6.07) is 15.8. The van der Waals surface area contributed by atoms with E-state index in [1.165, 1.54) is 30.3 Å². The van der Waals surface area contributed by atoms with Crippen LogP contribution in [0.4, 0.5) is 17.3 Å². The third-order valence-corrected chi connectivity index (χ3v) is 8.44. The first-order valence-electron chi connectivity index (χ1n) is 8.57. The van der Waals surface area contributed by atoms with Gasteiger partial charge in [0, 0.05) is 5.69 Å². The number of hydrogen-bond acceptors (Lipinski definition) is 8. The van der Waals surface area contributed by atoms with Crippen LogP contribution in [0.3, 0.4) is 0 Å². The van der Waals surface area contributed by atoms with Gasteiger partial charge in [0.25, 0.3) is 10.0 Å². The van der Waals surface area contributed by atoms with Crippen molar-refractivity contribution >= 4 is 75.7 Å². The lowest BCUT2D eigenvalue weighted by atomic mass is 10.3. The minimum atomic E-state index is -3.90. The number of anilines is 3. The zero-order valence-corrected chi connectivity index (χ0v) is 19.5. The van der Waals surface area contributed by atoms with Crippen molar-refractivity contribution < 1.29 is 16.8 Å². The van der Waals surface area contributed by atoms with E-state index >= 15 is 0 Å². The summed E-state index contributed by atoms with van der Waals surface area (Å²) in [5.74, 6) is 0.153. The van der Waals surface area contributed by atoms with E-state index in [-0.39, 0.29) is 20.7 Å². The maximum atomic E-state index is 12.8. The number of nitrogens with zero attached hydrogens (tertiary/aromatic N) is 2. The van der Waals surface area contributed by atoms with Crippen molar-refractivity contribution in [1.29, 1.82) is 0 Å². The Bertz CT molecular complexity index is 1490. The fraction of sp³-hybridized carbons (Fsp3) is 0. The number of aromatic nitrogens is 2. The highest BCUT2D eigenvalue weighted by molar-refractivity contribution is 9.11. The van der Waals surface area contributed by atoms with Gasteiger partial charge in [0.05, 0.1) is 19.7 Å². The van der Waals surface area contributed by atoms with Crippen molar-refractivity contribution in [2.24, 2.45) is 5.14 Å². The molecule has 0 fully saturated rings. The van der Waals surface area contributed by atoms with Gasteiger partial charge in [-0.25, -0.2) is 31.9 Å². The van der Waals surface area contributed by atoms with Gasteiger partial charge in [-0.2, -0.15) is 0 Å². The van der Waals surface area contributed by atoms with E-state index in [9.17, 15) is 16.8 Å². The Balaban J connectivity index is 1.75. The van der Waals surface area contributed by atoms with Gasteiger partial charge in [-0.05, 0) is 64.5 Å². The molecule has 2 aromatic heterocycles. The van der Waals surface area contributed by atoms with Gasteiger partial charge in [-0.1, -0.05) is 12.1 Å². The van der Waals surface area contributed by atoms with Crippen LogP contribution in [-0.4, -0.2) is 26.8 Å². The maximum absolute atomic E-state index is 12.8. The number of nitrogens with two attached hydrogens (primary N) is 1. The monoisotopic (exact) mass is 539 g/mol. The molecule has 0 saturated heterocycles. The number of para-hydroxylation sites is 2. The molecule has 0 aliphatic heterocycles. The van der Waals surface area contributed by atoms with E-state index in [0.29, 0.717) is 20.5 Å². The molecular formula is C18H14BrN5O4S3. The molecule has 2 heterocycles. The number of sulfonamides is 2. The number of hydrogen-bond donors (Lipinski definition) is 3. The van der Waals surface area contributed by atoms with Crippen molar-refractivity contribution in [3.05, 3.63) is 64.5 Å². The van der Waals surface area contributed by atoms with Crippen LogP contribution in [0.2, 0.25) is 0 Å². The smallest absolute Gasteiger partial charge is 0.272 e. The molecule has 0 bridgehead atoms. The Morgan fingerprint density at radius 1 is 0.839 bits per heavy atom. The molecule has 0 spiro atoms. The van der Waals surface area contributed by atoms with Gasteiger partial charge in [-0.3, -0.25) is 4.72 Å². The normalized spacial score (nSPS) is 12.1. The summed E-state index contributed by atoms with van der Waals surface area (Å²) in [5.41, 5.74) is 1.52. The van der Waals surface area contributed by atoms with E-state index in [1.54, 1.807) is 30.3 Å². The molecule has 13 heteroatoms. The minimum absolute atomic E-state index is 0.00116. The Labute approximate surface area is 190 Å². The number of nitrogens with one attached hydrogen (secondary N) is 2. The second kappa shape index (κ2) is 8.16. The van der Waals surface area contributed by atoms with Crippen molar-refractivity contribution in [2.45, 2.75) is 9.10 Å². The second-order valence-electron chi connectivity index (χ2n) is 6.27. The quantitative estimate of drug-likeness (QED) is 0.339. The standard InChI is InChI=1S/C18H14BrN5O4S3/c19-15-9-10-16(29-15)31(27,28)24-18-17(22-13-3-1-2-4-14(13)23-18)21-11-5-7-12(8-6-11)30(20,25)26/h1-10H,(H,21,22)(H,23,24)(H2,20,25,26). The molecule has 0 aliphatic carbocycles. The summed E-state index contributed by atoms with van der Waals surface area (Å²) in [6.07, 6.45) is 0. The first-order valence-corrected chi connectivity index (χ1v) is 13.2. The zero-order valence-electron chi connectivity index (χ0n) is 15.5. The number of benzene rings is 2. The molecule has 4 N–H and O–H groups in total. The van der Waals surface area contributed by atoms with Crippen LogP contribution in [0.1, 0.15) is 0 Å². The summed E-state index contributed by atoms with van der Waals surface area (Å²) >= 11 is 4.32. The SMILES string of the molecule is NS(=O)(=O)c1ccc(Nc2nc3ccccc3nc2NS(=O)(=O)c2ccc(Br)s2)cc1. The molecule has 0 atom stereocenters. The molecule has 0 radical (unpaired) electrons. The summed E-state index contributed by atoms with van der Waals surface area (Å²) in [5, 5.41) is 8.10. The number of fused-ring (bicyclic) bond motifs is 1. The number of rotatable bonds is 6. The van der Waals surface area contributed by atoms with E-state index in [0.717, 1.165) is 11.3 Å². The lowest BCUT2D eigenvalue weighted by Crippen LogP contribution is -2.15. The average Bonchev–Trinajstić information content (AvgIpc) is 3.15. The fourth-order valence-corrected chi connectivity index (χ4v) is 6.18. The summed E-state index contributed by atoms with van der Waals surface area (Å²) < 4.78 is 51.8. The zero-order chi connectivity index (χ0) is 22.2. The van der Waals surface area contributed by atoms with Crippen molar-refractivity contribution in [3.8, 4) is 0 Å². The lowest BCUT2D eigenvalue weighted by Gasteiger charge is -2.13. The third-order valence-electron chi connectivity index (χ3n) is 4.06. The van der Waals surface area contributed by atoms with E-state index in [2.05, 4.69) is 35.9 Å². The molecule has 0 aliphatic rings. The topological polar surface area (TPSA) is 144 Å². The van der Waals surface area contributed by atoms with E-state index in [1.807, 2.05) is 0 Å². The van der Waals surface area contributed by atoms with Gasteiger partial charge in [0.15, 0.2) is 11.6 Å². The van der Waals surface area contributed by atoms with Crippen LogP contribution >= 0.6 is 27.3 Å². The summed E-state index contributed by atoms with van der Waals surface area (Å²) in [4.78, 5) is 8.83. The molecule has 31 heavy (non-hydrogen) atoms.